The molecule has 0 saturated heterocycles. The third-order valence-electron chi connectivity index (χ3n) is 3.64. The van der Waals surface area contributed by atoms with E-state index in [-0.39, 0.29) is 11.9 Å². The molecule has 1 N–H and O–H groups in total. The fourth-order valence-electron chi connectivity index (χ4n) is 2.29. The number of Topliss-reactive ketones (excluding diaryl/α,β-unsaturated/α-hetero) is 1. The number of fused-ring (bicyclic) bond motifs is 1. The molecule has 2 rings (SSSR count). The summed E-state index contributed by atoms with van der Waals surface area (Å²) in [5.74, 6) is 1.48. The molecule has 1 aromatic carbocycles. The van der Waals surface area contributed by atoms with Crippen molar-refractivity contribution in [1.82, 2.24) is 0 Å². The number of nitrogens with one attached hydrogen (secondary N) is 1. The van der Waals surface area contributed by atoms with Gasteiger partial charge in [0.2, 0.25) is 0 Å². The van der Waals surface area contributed by atoms with Gasteiger partial charge in [-0.2, -0.15) is 0 Å². The van der Waals surface area contributed by atoms with Gasteiger partial charge < -0.3 is 10.1 Å². The van der Waals surface area contributed by atoms with E-state index in [1.165, 1.54) is 0 Å². The van der Waals surface area contributed by atoms with E-state index in [2.05, 4.69) is 19.2 Å². The summed E-state index contributed by atoms with van der Waals surface area (Å²) in [6.07, 6.45) is 2.40. The largest absolute Gasteiger partial charge is 0.479 e. The Morgan fingerprint density at radius 3 is 2.83 bits per heavy atom. The van der Waals surface area contributed by atoms with Gasteiger partial charge in [0.1, 0.15) is 5.75 Å². The van der Waals surface area contributed by atoms with Gasteiger partial charge in [-0.1, -0.05) is 38.8 Å². The Morgan fingerprint density at radius 1 is 1.39 bits per heavy atom. The van der Waals surface area contributed by atoms with Crippen LogP contribution in [0.3, 0.4) is 0 Å². The molecular weight excluding hydrogens is 226 g/mol. The van der Waals surface area contributed by atoms with Gasteiger partial charge in [-0.05, 0) is 18.1 Å². The quantitative estimate of drug-likeness (QED) is 0.868. The van der Waals surface area contributed by atoms with E-state index in [9.17, 15) is 4.79 Å². The van der Waals surface area contributed by atoms with E-state index in [1.54, 1.807) is 0 Å². The maximum Gasteiger partial charge on any atom is 0.175 e. The number of hydrogen-bond donors (Lipinski definition) is 1. The summed E-state index contributed by atoms with van der Waals surface area (Å²) in [7, 11) is 0. The van der Waals surface area contributed by atoms with Crippen LogP contribution in [0.1, 0.15) is 33.1 Å². The average Bonchev–Trinajstić information content (AvgIpc) is 2.44. The highest BCUT2D eigenvalue weighted by molar-refractivity contribution is 5.85. The molecule has 1 unspecified atom stereocenters. The van der Waals surface area contributed by atoms with E-state index in [0.717, 1.165) is 24.3 Å². The number of hydrogen-bond acceptors (Lipinski definition) is 3. The lowest BCUT2D eigenvalue weighted by Gasteiger charge is -2.27. The Hall–Kier alpha value is -1.51. The van der Waals surface area contributed by atoms with Gasteiger partial charge in [-0.15, -0.1) is 0 Å². The number of carbonyl (C=O) groups excluding carboxylic acids is 1. The second kappa shape index (κ2) is 5.89. The predicted octanol–water partition coefficient (Wildman–Crippen LogP) is 3.25. The van der Waals surface area contributed by atoms with Gasteiger partial charge in [-0.3, -0.25) is 4.79 Å². The molecule has 1 heterocycles. The fourth-order valence-corrected chi connectivity index (χ4v) is 2.29. The molecule has 0 aliphatic carbocycles. The van der Waals surface area contributed by atoms with E-state index in [4.69, 9.17) is 4.74 Å². The number of carbonyl (C=O) groups is 1. The van der Waals surface area contributed by atoms with Crippen molar-refractivity contribution in [2.45, 2.75) is 39.2 Å². The molecule has 0 amide bonds. The smallest absolute Gasteiger partial charge is 0.175 e. The minimum Gasteiger partial charge on any atom is -0.479 e. The molecule has 98 valence electrons. The molecule has 0 bridgehead atoms. The lowest BCUT2D eigenvalue weighted by atomic mass is 9.94. The van der Waals surface area contributed by atoms with Crippen LogP contribution in [0.5, 0.6) is 5.75 Å². The number of para-hydroxylation sites is 2. The molecule has 1 aliphatic rings. The molecule has 0 spiro atoms. The zero-order valence-electron chi connectivity index (χ0n) is 11.1. The van der Waals surface area contributed by atoms with E-state index in [1.807, 2.05) is 24.3 Å². The second-order valence-corrected chi connectivity index (χ2v) is 4.84. The normalized spacial score (nSPS) is 17.8. The summed E-state index contributed by atoms with van der Waals surface area (Å²) in [6.45, 7) is 4.85. The number of anilines is 1. The van der Waals surface area contributed by atoms with Crippen LogP contribution >= 0.6 is 0 Å². The highest BCUT2D eigenvalue weighted by Crippen LogP contribution is 2.29. The average molecular weight is 247 g/mol. The Bertz CT molecular complexity index is 413. The van der Waals surface area contributed by atoms with Crippen molar-refractivity contribution in [3.05, 3.63) is 24.3 Å². The van der Waals surface area contributed by atoms with E-state index >= 15 is 0 Å². The Labute approximate surface area is 109 Å². The van der Waals surface area contributed by atoms with E-state index < -0.39 is 0 Å². The van der Waals surface area contributed by atoms with Gasteiger partial charge in [0.05, 0.1) is 12.2 Å². The molecule has 18 heavy (non-hydrogen) atoms. The van der Waals surface area contributed by atoms with Crippen molar-refractivity contribution in [1.29, 1.82) is 0 Å². The molecule has 3 nitrogen and oxygen atoms in total. The van der Waals surface area contributed by atoms with Gasteiger partial charge >= 0.3 is 0 Å². The van der Waals surface area contributed by atoms with Crippen LogP contribution in [0.4, 0.5) is 5.69 Å². The van der Waals surface area contributed by atoms with Crippen molar-refractivity contribution in [2.24, 2.45) is 5.92 Å². The molecule has 1 atom stereocenters. The summed E-state index contributed by atoms with van der Waals surface area (Å²) in [4.78, 5) is 12.2. The molecule has 0 fully saturated rings. The lowest BCUT2D eigenvalue weighted by molar-refractivity contribution is -0.126. The first-order chi connectivity index (χ1) is 8.74. The van der Waals surface area contributed by atoms with Crippen molar-refractivity contribution < 1.29 is 9.53 Å². The first kappa shape index (κ1) is 12.9. The second-order valence-electron chi connectivity index (χ2n) is 4.84. The third-order valence-corrected chi connectivity index (χ3v) is 3.64. The summed E-state index contributed by atoms with van der Waals surface area (Å²) in [5, 5.41) is 3.26. The zero-order chi connectivity index (χ0) is 13.0. The van der Waals surface area contributed by atoms with Gasteiger partial charge in [0.15, 0.2) is 11.9 Å². The Morgan fingerprint density at radius 2 is 2.11 bits per heavy atom. The van der Waals surface area contributed by atoms with Crippen molar-refractivity contribution in [3.8, 4) is 5.75 Å². The van der Waals surface area contributed by atoms with Crippen LogP contribution in [0, 0.1) is 5.92 Å². The van der Waals surface area contributed by atoms with Crippen LogP contribution in [-0.2, 0) is 4.79 Å². The third kappa shape index (κ3) is 2.84. The van der Waals surface area contributed by atoms with Gasteiger partial charge in [0, 0.05) is 6.42 Å². The molecule has 1 aromatic rings. The highest BCUT2D eigenvalue weighted by Gasteiger charge is 2.26. The van der Waals surface area contributed by atoms with Crippen LogP contribution in [0.15, 0.2) is 24.3 Å². The van der Waals surface area contributed by atoms with Crippen LogP contribution in [0.25, 0.3) is 0 Å². The van der Waals surface area contributed by atoms with Gasteiger partial charge in [-0.25, -0.2) is 0 Å². The molecular formula is C15H21NO2. The van der Waals surface area contributed by atoms with Crippen LogP contribution < -0.4 is 10.1 Å². The molecule has 0 aromatic heterocycles. The Balaban J connectivity index is 1.98. The number of benzene rings is 1. The number of ether oxygens (including phenoxy) is 1. The van der Waals surface area contributed by atoms with Crippen molar-refractivity contribution in [2.75, 3.05) is 11.9 Å². The first-order valence-corrected chi connectivity index (χ1v) is 6.76. The summed E-state index contributed by atoms with van der Waals surface area (Å²) < 4.78 is 5.77. The first-order valence-electron chi connectivity index (χ1n) is 6.76. The maximum atomic E-state index is 12.2. The van der Waals surface area contributed by atoms with Crippen LogP contribution in [-0.4, -0.2) is 18.4 Å². The maximum absolute atomic E-state index is 12.2. The fraction of sp³-hybridized carbons (Fsp3) is 0.533. The topological polar surface area (TPSA) is 38.3 Å². The SMILES string of the molecule is CCC(CC)CC(=O)C1CNc2ccccc2O1. The van der Waals surface area contributed by atoms with Gasteiger partial charge in [0.25, 0.3) is 0 Å². The number of ketones is 1. The minimum atomic E-state index is -0.333. The summed E-state index contributed by atoms with van der Waals surface area (Å²) in [5.41, 5.74) is 0.976. The monoisotopic (exact) mass is 247 g/mol. The number of rotatable bonds is 5. The molecule has 0 saturated carbocycles. The minimum absolute atomic E-state index is 0.214. The standard InChI is InChI=1S/C15H21NO2/c1-3-11(4-2)9-13(17)15-10-16-12-7-5-6-8-14(12)18-15/h5-8,11,15-16H,3-4,9-10H2,1-2H3. The zero-order valence-corrected chi connectivity index (χ0v) is 11.1. The van der Waals surface area contributed by atoms with Crippen molar-refractivity contribution in [3.63, 3.8) is 0 Å². The highest BCUT2D eigenvalue weighted by atomic mass is 16.5. The molecule has 0 radical (unpaired) electrons. The van der Waals surface area contributed by atoms with E-state index in [0.29, 0.717) is 18.9 Å². The summed E-state index contributed by atoms with van der Waals surface area (Å²) in [6, 6.07) is 7.76. The molecule has 3 heteroatoms. The summed E-state index contributed by atoms with van der Waals surface area (Å²) >= 11 is 0. The Kier molecular flexibility index (Phi) is 4.24. The predicted molar refractivity (Wildman–Crippen MR) is 73.0 cm³/mol. The lowest BCUT2D eigenvalue weighted by Crippen LogP contribution is -2.38. The van der Waals surface area contributed by atoms with Crippen LogP contribution in [0.2, 0.25) is 0 Å². The molecule has 1 aliphatic heterocycles. The van der Waals surface area contributed by atoms with Crippen molar-refractivity contribution >= 4 is 11.5 Å².